The van der Waals surface area contributed by atoms with E-state index in [9.17, 15) is 9.59 Å². The molecule has 1 aliphatic heterocycles. The zero-order valence-electron chi connectivity index (χ0n) is 16.2. The highest BCUT2D eigenvalue weighted by atomic mass is 32.2. The van der Waals surface area contributed by atoms with Gasteiger partial charge in [-0.15, -0.1) is 10.2 Å². The van der Waals surface area contributed by atoms with Gasteiger partial charge >= 0.3 is 0 Å². The van der Waals surface area contributed by atoms with Crippen molar-refractivity contribution < 1.29 is 14.0 Å². The van der Waals surface area contributed by atoms with Gasteiger partial charge in [-0.25, -0.2) is 0 Å². The van der Waals surface area contributed by atoms with Gasteiger partial charge in [-0.1, -0.05) is 17.8 Å². The lowest BCUT2D eigenvalue weighted by Crippen LogP contribution is -2.23. The molecule has 0 spiro atoms. The van der Waals surface area contributed by atoms with Gasteiger partial charge in [-0.2, -0.15) is 0 Å². The fourth-order valence-corrected chi connectivity index (χ4v) is 4.00. The molecule has 150 valence electrons. The summed E-state index contributed by atoms with van der Waals surface area (Å²) in [5.74, 6) is 1.63. The van der Waals surface area contributed by atoms with E-state index in [2.05, 4.69) is 15.5 Å². The van der Waals surface area contributed by atoms with Gasteiger partial charge in [0.25, 0.3) is 0 Å². The van der Waals surface area contributed by atoms with E-state index < -0.39 is 0 Å². The van der Waals surface area contributed by atoms with E-state index in [4.69, 9.17) is 4.42 Å². The molecular weight excluding hydrogens is 390 g/mol. The summed E-state index contributed by atoms with van der Waals surface area (Å²) in [6.07, 6.45) is 3.05. The number of furan rings is 1. The molecule has 0 aliphatic carbocycles. The number of aryl methyl sites for hydroxylation is 1. The molecule has 1 aromatic carbocycles. The molecule has 3 heterocycles. The summed E-state index contributed by atoms with van der Waals surface area (Å²) in [4.78, 5) is 26.1. The second-order valence-electron chi connectivity index (χ2n) is 6.79. The highest BCUT2D eigenvalue weighted by molar-refractivity contribution is 7.99. The molecule has 0 unspecified atom stereocenters. The normalized spacial score (nSPS) is 13.9. The van der Waals surface area contributed by atoms with Crippen LogP contribution < -0.4 is 10.2 Å². The Bertz CT molecular complexity index is 1060. The summed E-state index contributed by atoms with van der Waals surface area (Å²) in [5.41, 5.74) is 2.36. The van der Waals surface area contributed by atoms with E-state index in [1.54, 1.807) is 11.2 Å². The average molecular weight is 411 g/mol. The minimum Gasteiger partial charge on any atom is -0.469 e. The highest BCUT2D eigenvalue weighted by Gasteiger charge is 2.22. The van der Waals surface area contributed by atoms with Crippen molar-refractivity contribution in [3.63, 3.8) is 0 Å². The number of hydrogen-bond donors (Lipinski definition) is 1. The van der Waals surface area contributed by atoms with Gasteiger partial charge < -0.3 is 19.2 Å². The molecule has 0 saturated carbocycles. The molecule has 8 nitrogen and oxygen atoms in total. The van der Waals surface area contributed by atoms with E-state index in [1.165, 1.54) is 11.8 Å². The van der Waals surface area contributed by atoms with Gasteiger partial charge in [0.2, 0.25) is 11.8 Å². The Morgan fingerprint density at radius 3 is 2.90 bits per heavy atom. The van der Waals surface area contributed by atoms with Crippen molar-refractivity contribution in [3.8, 4) is 11.4 Å². The number of rotatable bonds is 6. The molecule has 0 radical (unpaired) electrons. The van der Waals surface area contributed by atoms with Crippen LogP contribution in [0, 0.1) is 6.92 Å². The first kappa shape index (κ1) is 19.3. The number of hydrogen-bond acceptors (Lipinski definition) is 6. The molecule has 1 N–H and O–H groups in total. The number of amides is 2. The van der Waals surface area contributed by atoms with Crippen LogP contribution in [0.15, 0.2) is 46.2 Å². The smallest absolute Gasteiger partial charge is 0.234 e. The number of thioether (sulfide) groups is 1. The van der Waals surface area contributed by atoms with Crippen LogP contribution in [0.5, 0.6) is 0 Å². The number of anilines is 2. The number of nitrogens with zero attached hydrogens (tertiary/aromatic N) is 4. The third-order valence-electron chi connectivity index (χ3n) is 4.78. The predicted octanol–water partition coefficient (Wildman–Crippen LogP) is 3.24. The number of carbonyl (C=O) groups is 2. The van der Waals surface area contributed by atoms with Crippen LogP contribution in [0.4, 0.5) is 11.4 Å². The molecule has 1 saturated heterocycles. The Balaban J connectivity index is 1.38. The van der Waals surface area contributed by atoms with Crippen LogP contribution in [-0.4, -0.2) is 38.9 Å². The maximum absolute atomic E-state index is 12.4. The van der Waals surface area contributed by atoms with Crippen molar-refractivity contribution in [1.82, 2.24) is 14.8 Å². The van der Waals surface area contributed by atoms with Gasteiger partial charge in [0.1, 0.15) is 5.76 Å². The minimum absolute atomic E-state index is 0.120. The first-order valence-electron chi connectivity index (χ1n) is 9.30. The zero-order chi connectivity index (χ0) is 20.4. The van der Waals surface area contributed by atoms with E-state index >= 15 is 0 Å². The number of carbonyl (C=O) groups excluding carboxylic acids is 2. The van der Waals surface area contributed by atoms with E-state index in [-0.39, 0.29) is 17.6 Å². The average Bonchev–Trinajstić information content (AvgIpc) is 3.41. The topological polar surface area (TPSA) is 93.3 Å². The molecule has 2 aromatic heterocycles. The van der Waals surface area contributed by atoms with Crippen molar-refractivity contribution in [2.45, 2.75) is 24.9 Å². The fourth-order valence-electron chi connectivity index (χ4n) is 3.29. The van der Waals surface area contributed by atoms with Crippen molar-refractivity contribution >= 4 is 35.0 Å². The summed E-state index contributed by atoms with van der Waals surface area (Å²) < 4.78 is 7.17. The number of nitrogens with one attached hydrogen (secondary N) is 1. The summed E-state index contributed by atoms with van der Waals surface area (Å²) in [7, 11) is 1.86. The van der Waals surface area contributed by atoms with Gasteiger partial charge in [0, 0.05) is 31.4 Å². The van der Waals surface area contributed by atoms with Crippen LogP contribution in [0.25, 0.3) is 11.4 Å². The summed E-state index contributed by atoms with van der Waals surface area (Å²) in [5, 5.41) is 11.9. The number of benzene rings is 1. The lowest BCUT2D eigenvalue weighted by molar-refractivity contribution is -0.117. The van der Waals surface area contributed by atoms with Crippen LogP contribution >= 0.6 is 11.8 Å². The molecule has 0 atom stereocenters. The molecule has 4 rings (SSSR count). The second-order valence-corrected chi connectivity index (χ2v) is 7.73. The SMILES string of the molecule is Cc1occc1-c1nnc(SCC(=O)Nc2cccc(N3CCCC3=O)c2)n1C. The highest BCUT2D eigenvalue weighted by Crippen LogP contribution is 2.27. The summed E-state index contributed by atoms with van der Waals surface area (Å²) in [6.45, 7) is 2.59. The largest absolute Gasteiger partial charge is 0.469 e. The first-order chi connectivity index (χ1) is 14.0. The molecule has 29 heavy (non-hydrogen) atoms. The van der Waals surface area contributed by atoms with Gasteiger partial charge in [0.05, 0.1) is 17.6 Å². The third kappa shape index (κ3) is 4.04. The first-order valence-corrected chi connectivity index (χ1v) is 10.3. The Morgan fingerprint density at radius 1 is 1.31 bits per heavy atom. The van der Waals surface area contributed by atoms with Gasteiger partial charge in [-0.3, -0.25) is 9.59 Å². The van der Waals surface area contributed by atoms with Crippen LogP contribution in [0.3, 0.4) is 0 Å². The Morgan fingerprint density at radius 2 is 2.17 bits per heavy atom. The quantitative estimate of drug-likeness (QED) is 0.626. The molecule has 3 aromatic rings. The Labute approximate surface area is 172 Å². The fraction of sp³-hybridized carbons (Fsp3) is 0.300. The lowest BCUT2D eigenvalue weighted by atomic mass is 10.2. The number of aromatic nitrogens is 3. The molecule has 0 bridgehead atoms. The summed E-state index contributed by atoms with van der Waals surface area (Å²) in [6, 6.07) is 9.21. The summed E-state index contributed by atoms with van der Waals surface area (Å²) >= 11 is 1.31. The third-order valence-corrected chi connectivity index (χ3v) is 5.80. The molecule has 1 aliphatic rings. The zero-order valence-corrected chi connectivity index (χ0v) is 17.0. The molecule has 9 heteroatoms. The molecule has 1 fully saturated rings. The minimum atomic E-state index is -0.149. The van der Waals surface area contributed by atoms with Crippen LogP contribution in [0.2, 0.25) is 0 Å². The van der Waals surface area contributed by atoms with Crippen molar-refractivity contribution in [1.29, 1.82) is 0 Å². The Hall–Kier alpha value is -3.07. The van der Waals surface area contributed by atoms with Crippen LogP contribution in [-0.2, 0) is 16.6 Å². The predicted molar refractivity (Wildman–Crippen MR) is 111 cm³/mol. The maximum atomic E-state index is 12.4. The van der Waals surface area contributed by atoms with Crippen LogP contribution in [0.1, 0.15) is 18.6 Å². The van der Waals surface area contributed by atoms with Crippen molar-refractivity contribution in [3.05, 3.63) is 42.4 Å². The van der Waals surface area contributed by atoms with E-state index in [1.807, 2.05) is 48.9 Å². The maximum Gasteiger partial charge on any atom is 0.234 e. The Kier molecular flexibility index (Phi) is 5.39. The van der Waals surface area contributed by atoms with Gasteiger partial charge in [0.15, 0.2) is 11.0 Å². The van der Waals surface area contributed by atoms with E-state index in [0.29, 0.717) is 23.1 Å². The molecular formula is C20H21N5O3S. The van der Waals surface area contributed by atoms with Crippen molar-refractivity contribution in [2.75, 3.05) is 22.5 Å². The van der Waals surface area contributed by atoms with E-state index in [0.717, 1.165) is 30.0 Å². The monoisotopic (exact) mass is 411 g/mol. The lowest BCUT2D eigenvalue weighted by Gasteiger charge is -2.16. The standard InChI is InChI=1S/C20H21N5O3S/c1-13-16(8-10-28-13)19-22-23-20(24(19)2)29-12-17(26)21-14-5-3-6-15(11-14)25-9-4-7-18(25)27/h3,5-6,8,10-11H,4,7,9,12H2,1-2H3,(H,21,26). The second kappa shape index (κ2) is 8.12. The molecule has 2 amide bonds. The van der Waals surface area contributed by atoms with Crippen molar-refractivity contribution in [2.24, 2.45) is 7.05 Å². The van der Waals surface area contributed by atoms with Gasteiger partial charge in [-0.05, 0) is 37.6 Å².